The molecule has 3 aromatic rings. The Hall–Kier alpha value is -2.21. The molecule has 0 bridgehead atoms. The van der Waals surface area contributed by atoms with Crippen LogP contribution >= 0.6 is 11.7 Å². The highest BCUT2D eigenvalue weighted by atomic mass is 32.1. The van der Waals surface area contributed by atoms with Gasteiger partial charge in [0.15, 0.2) is 0 Å². The van der Waals surface area contributed by atoms with Gasteiger partial charge in [-0.25, -0.2) is 0 Å². The van der Waals surface area contributed by atoms with Crippen LogP contribution in [0.1, 0.15) is 29.4 Å². The van der Waals surface area contributed by atoms with Crippen molar-refractivity contribution < 1.29 is 13.9 Å². The maximum Gasteiger partial charge on any atom is 0.312 e. The van der Waals surface area contributed by atoms with Crippen LogP contribution in [0.15, 0.2) is 28.7 Å². The number of hydrogen-bond acceptors (Lipinski definition) is 6. The molecule has 1 aliphatic heterocycles. The van der Waals surface area contributed by atoms with Gasteiger partial charge in [0.05, 0.1) is 24.1 Å². The Morgan fingerprint density at radius 1 is 1.25 bits per heavy atom. The van der Waals surface area contributed by atoms with Crippen molar-refractivity contribution >= 4 is 28.7 Å². The Balaban J connectivity index is 1.98. The van der Waals surface area contributed by atoms with Crippen molar-refractivity contribution in [3.8, 4) is 5.75 Å². The first-order valence-electron chi connectivity index (χ1n) is 6.24. The van der Waals surface area contributed by atoms with E-state index in [4.69, 9.17) is 9.15 Å². The molecule has 1 aromatic carbocycles. The summed E-state index contributed by atoms with van der Waals surface area (Å²) < 4.78 is 19.6. The number of carbonyl (C=O) groups is 1. The number of aryl methyl sites for hydroxylation is 1. The number of esters is 1. The summed E-state index contributed by atoms with van der Waals surface area (Å²) in [5.41, 5.74) is 2.50. The molecule has 1 aliphatic rings. The monoisotopic (exact) mass is 286 g/mol. The summed E-state index contributed by atoms with van der Waals surface area (Å²) >= 11 is 1.16. The van der Waals surface area contributed by atoms with Crippen LogP contribution in [0.25, 0.3) is 11.0 Å². The molecule has 100 valence electrons. The van der Waals surface area contributed by atoms with Gasteiger partial charge in [0, 0.05) is 5.56 Å². The van der Waals surface area contributed by atoms with Crippen LogP contribution < -0.4 is 4.74 Å². The number of ether oxygens (including phenoxy) is 1. The van der Waals surface area contributed by atoms with E-state index < -0.39 is 0 Å². The summed E-state index contributed by atoms with van der Waals surface area (Å²) in [5, 5.41) is 0. The largest absolute Gasteiger partial charge is 0.466 e. The zero-order chi connectivity index (χ0) is 13.7. The summed E-state index contributed by atoms with van der Waals surface area (Å²) in [4.78, 5) is 11.8. The molecule has 0 saturated heterocycles. The van der Waals surface area contributed by atoms with Gasteiger partial charge in [0.2, 0.25) is 0 Å². The number of rotatable bonds is 1. The smallest absolute Gasteiger partial charge is 0.312 e. The van der Waals surface area contributed by atoms with Gasteiger partial charge in [-0.1, -0.05) is 0 Å². The number of hydrogen-bond donors (Lipinski definition) is 0. The number of furan rings is 1. The molecular formula is C14H10N2O3S. The standard InChI is InChI=1S/C14H10N2O3S/c1-7-2-4-10(18-7)8-6-12(17)19-11-5-3-9-14(13(8)11)16-20-15-9/h2-5,8H,6H2,1H3. The van der Waals surface area contributed by atoms with Crippen molar-refractivity contribution in [1.29, 1.82) is 0 Å². The summed E-state index contributed by atoms with van der Waals surface area (Å²) in [6.07, 6.45) is 0.261. The fourth-order valence-electron chi connectivity index (χ4n) is 2.60. The second kappa shape index (κ2) is 4.14. The van der Waals surface area contributed by atoms with Gasteiger partial charge >= 0.3 is 5.97 Å². The average molecular weight is 286 g/mol. The van der Waals surface area contributed by atoms with E-state index in [2.05, 4.69) is 8.75 Å². The van der Waals surface area contributed by atoms with Crippen molar-refractivity contribution in [2.24, 2.45) is 0 Å². The van der Waals surface area contributed by atoms with E-state index in [9.17, 15) is 4.79 Å². The van der Waals surface area contributed by atoms with Crippen LogP contribution in [-0.4, -0.2) is 14.7 Å². The van der Waals surface area contributed by atoms with Gasteiger partial charge in [-0.15, -0.1) is 0 Å². The van der Waals surface area contributed by atoms with Gasteiger partial charge in [0.1, 0.15) is 28.3 Å². The Morgan fingerprint density at radius 3 is 2.95 bits per heavy atom. The summed E-state index contributed by atoms with van der Waals surface area (Å²) in [6.45, 7) is 1.89. The average Bonchev–Trinajstić information content (AvgIpc) is 3.05. The van der Waals surface area contributed by atoms with E-state index in [-0.39, 0.29) is 18.3 Å². The molecule has 1 unspecified atom stereocenters. The van der Waals surface area contributed by atoms with Crippen molar-refractivity contribution in [1.82, 2.24) is 8.75 Å². The van der Waals surface area contributed by atoms with Gasteiger partial charge < -0.3 is 9.15 Å². The van der Waals surface area contributed by atoms with Crippen LogP contribution in [0.4, 0.5) is 0 Å². The summed E-state index contributed by atoms with van der Waals surface area (Å²) in [5.74, 6) is 1.73. The Kier molecular flexibility index (Phi) is 2.40. The number of benzene rings is 1. The SMILES string of the molecule is Cc1ccc(C2CC(=O)Oc3ccc4nsnc4c32)o1. The van der Waals surface area contributed by atoms with Gasteiger partial charge in [-0.05, 0) is 31.2 Å². The Bertz CT molecular complexity index is 821. The molecule has 0 aliphatic carbocycles. The van der Waals surface area contributed by atoms with Crippen molar-refractivity contribution in [2.75, 3.05) is 0 Å². The van der Waals surface area contributed by atoms with Crippen molar-refractivity contribution in [3.63, 3.8) is 0 Å². The maximum atomic E-state index is 11.8. The third-order valence-electron chi connectivity index (χ3n) is 3.47. The molecular weight excluding hydrogens is 276 g/mol. The molecule has 0 saturated carbocycles. The van der Waals surface area contributed by atoms with E-state index in [1.54, 1.807) is 6.07 Å². The lowest BCUT2D eigenvalue weighted by atomic mass is 9.89. The van der Waals surface area contributed by atoms with Gasteiger partial charge in [0.25, 0.3) is 0 Å². The third kappa shape index (κ3) is 1.65. The number of carbonyl (C=O) groups excluding carboxylic acids is 1. The van der Waals surface area contributed by atoms with Crippen LogP contribution in [-0.2, 0) is 4.79 Å². The lowest BCUT2D eigenvalue weighted by molar-refractivity contribution is -0.135. The van der Waals surface area contributed by atoms with Crippen molar-refractivity contribution in [3.05, 3.63) is 41.3 Å². The van der Waals surface area contributed by atoms with E-state index >= 15 is 0 Å². The quantitative estimate of drug-likeness (QED) is 0.508. The van der Waals surface area contributed by atoms with Crippen molar-refractivity contribution in [2.45, 2.75) is 19.3 Å². The van der Waals surface area contributed by atoms with E-state index in [0.717, 1.165) is 39.8 Å². The lowest BCUT2D eigenvalue weighted by Crippen LogP contribution is -2.21. The first-order valence-corrected chi connectivity index (χ1v) is 6.97. The molecule has 1 atom stereocenters. The minimum atomic E-state index is -0.251. The highest BCUT2D eigenvalue weighted by Crippen LogP contribution is 2.42. The highest BCUT2D eigenvalue weighted by molar-refractivity contribution is 7.00. The third-order valence-corrected chi connectivity index (χ3v) is 4.02. The molecule has 2 aromatic heterocycles. The molecule has 5 nitrogen and oxygen atoms in total. The molecule has 0 N–H and O–H groups in total. The highest BCUT2D eigenvalue weighted by Gasteiger charge is 2.33. The molecule has 0 radical (unpaired) electrons. The zero-order valence-electron chi connectivity index (χ0n) is 10.6. The van der Waals surface area contributed by atoms with E-state index in [0.29, 0.717) is 5.75 Å². The van der Waals surface area contributed by atoms with Crippen LogP contribution in [0.5, 0.6) is 5.75 Å². The summed E-state index contributed by atoms with van der Waals surface area (Å²) in [6, 6.07) is 7.40. The minimum Gasteiger partial charge on any atom is -0.466 e. The summed E-state index contributed by atoms with van der Waals surface area (Å²) in [7, 11) is 0. The second-order valence-electron chi connectivity index (χ2n) is 4.79. The second-order valence-corrected chi connectivity index (χ2v) is 5.32. The zero-order valence-corrected chi connectivity index (χ0v) is 11.4. The predicted octanol–water partition coefficient (Wildman–Crippen LogP) is 3.03. The Labute approximate surface area is 118 Å². The van der Waals surface area contributed by atoms with Crippen LogP contribution in [0.2, 0.25) is 0 Å². The number of fused-ring (bicyclic) bond motifs is 3. The maximum absolute atomic E-state index is 11.8. The molecule has 3 heterocycles. The lowest BCUT2D eigenvalue weighted by Gasteiger charge is -2.23. The van der Waals surface area contributed by atoms with Crippen LogP contribution in [0, 0.1) is 6.92 Å². The fraction of sp³-hybridized carbons (Fsp3) is 0.214. The molecule has 4 rings (SSSR count). The molecule has 0 spiro atoms. The van der Waals surface area contributed by atoms with E-state index in [1.165, 1.54) is 0 Å². The normalized spacial score (nSPS) is 18.1. The molecule has 0 amide bonds. The van der Waals surface area contributed by atoms with Gasteiger partial charge in [-0.3, -0.25) is 4.79 Å². The van der Waals surface area contributed by atoms with Gasteiger partial charge in [-0.2, -0.15) is 8.75 Å². The number of nitrogens with zero attached hydrogens (tertiary/aromatic N) is 2. The topological polar surface area (TPSA) is 65.2 Å². The molecule has 20 heavy (non-hydrogen) atoms. The first-order chi connectivity index (χ1) is 9.72. The number of aromatic nitrogens is 2. The minimum absolute atomic E-state index is 0.160. The molecule has 0 fully saturated rings. The molecule has 6 heteroatoms. The van der Waals surface area contributed by atoms with E-state index in [1.807, 2.05) is 25.1 Å². The van der Waals surface area contributed by atoms with Crippen LogP contribution in [0.3, 0.4) is 0 Å². The first kappa shape index (κ1) is 11.6. The Morgan fingerprint density at radius 2 is 2.15 bits per heavy atom. The fourth-order valence-corrected chi connectivity index (χ4v) is 3.14. The predicted molar refractivity (Wildman–Crippen MR) is 73.0 cm³/mol.